The van der Waals surface area contributed by atoms with Crippen LogP contribution in [0.3, 0.4) is 0 Å². The first-order valence-electron chi connectivity index (χ1n) is 13.5. The molecule has 2 aromatic carbocycles. The Morgan fingerprint density at radius 2 is 1.45 bits per heavy atom. The summed E-state index contributed by atoms with van der Waals surface area (Å²) in [6.45, 7) is 3.88. The number of aliphatic carboxylic acids is 2. The van der Waals surface area contributed by atoms with Crippen LogP contribution in [-0.4, -0.2) is 64.9 Å². The van der Waals surface area contributed by atoms with Gasteiger partial charge < -0.3 is 30.4 Å². The number of nitrogens with two attached hydrogens (primary N) is 1. The summed E-state index contributed by atoms with van der Waals surface area (Å²) in [5.74, 6) is -6.49. The zero-order valence-electron chi connectivity index (χ0n) is 25.4. The van der Waals surface area contributed by atoms with Gasteiger partial charge in [0.2, 0.25) is 0 Å². The van der Waals surface area contributed by atoms with Crippen LogP contribution in [0.15, 0.2) is 59.4 Å². The lowest BCUT2D eigenvalue weighted by molar-refractivity contribution is -0.193. The van der Waals surface area contributed by atoms with Crippen LogP contribution in [0.4, 0.5) is 55.4 Å². The molecule has 0 aliphatic carbocycles. The van der Waals surface area contributed by atoms with Gasteiger partial charge in [-0.2, -0.15) is 44.6 Å². The smallest absolute Gasteiger partial charge is 0.475 e. The number of nitrogens with zero attached hydrogens (tertiary/aromatic N) is 5. The van der Waals surface area contributed by atoms with E-state index in [1.54, 1.807) is 23.0 Å². The Balaban J connectivity index is 0.000000424. The number of carbonyl (C=O) groups is 3. The molecular formula is C28H21F10N7O6. The van der Waals surface area contributed by atoms with Gasteiger partial charge in [0.05, 0.1) is 16.8 Å². The van der Waals surface area contributed by atoms with E-state index in [2.05, 4.69) is 20.6 Å². The molecule has 0 aliphatic rings. The second kappa shape index (κ2) is 14.8. The first-order valence-corrected chi connectivity index (χ1v) is 13.5. The summed E-state index contributed by atoms with van der Waals surface area (Å²) in [6, 6.07) is 8.88. The quantitative estimate of drug-likeness (QED) is 0.143. The fourth-order valence-corrected chi connectivity index (χ4v) is 3.86. The lowest BCUT2D eigenvalue weighted by atomic mass is 10.2. The number of rotatable bonds is 5. The Hall–Kier alpha value is -6.16. The minimum absolute atomic E-state index is 0.0201. The number of amides is 1. The molecule has 3 heterocycles. The topological polar surface area (TPSA) is 191 Å². The van der Waals surface area contributed by atoms with Crippen LogP contribution in [-0.2, 0) is 15.8 Å². The molecule has 5 rings (SSSR count). The highest BCUT2D eigenvalue weighted by atomic mass is 19.4. The molecule has 0 aliphatic heterocycles. The minimum Gasteiger partial charge on any atom is -0.475 e. The van der Waals surface area contributed by atoms with Crippen molar-refractivity contribution in [2.75, 3.05) is 11.1 Å². The number of anilines is 2. The predicted octanol–water partition coefficient (Wildman–Crippen LogP) is 6.58. The minimum atomic E-state index is -5.08. The summed E-state index contributed by atoms with van der Waals surface area (Å²) in [5.41, 5.74) is 4.63. The average Bonchev–Trinajstić information content (AvgIpc) is 3.76. The van der Waals surface area contributed by atoms with Crippen molar-refractivity contribution in [1.82, 2.24) is 24.5 Å². The molecule has 0 unspecified atom stereocenters. The van der Waals surface area contributed by atoms with Crippen molar-refractivity contribution >= 4 is 40.3 Å². The van der Waals surface area contributed by atoms with Crippen molar-refractivity contribution < 1.29 is 73.0 Å². The highest BCUT2D eigenvalue weighted by molar-refractivity contribution is 6.04. The van der Waals surface area contributed by atoms with E-state index in [1.165, 1.54) is 30.3 Å². The molecule has 23 heteroatoms. The van der Waals surface area contributed by atoms with Gasteiger partial charge in [0.25, 0.3) is 5.91 Å². The molecular weight excluding hydrogens is 720 g/mol. The van der Waals surface area contributed by atoms with Crippen molar-refractivity contribution in [3.63, 3.8) is 0 Å². The SMILES string of the molecule is CC(C)c1nccn1-c1ccc(NC(=O)c2cc(C(F)(F)F)nn2-c2ccc3onc(N)c3c2)c(F)c1.O=C(O)C(F)(F)F.O=C(O)C(F)(F)F. The zero-order valence-corrected chi connectivity index (χ0v) is 25.4. The highest BCUT2D eigenvalue weighted by Crippen LogP contribution is 2.31. The summed E-state index contributed by atoms with van der Waals surface area (Å²) in [6.07, 6.45) is -11.7. The van der Waals surface area contributed by atoms with Crippen LogP contribution in [0.5, 0.6) is 0 Å². The number of carboxylic acids is 2. The summed E-state index contributed by atoms with van der Waals surface area (Å²) in [5, 5.41) is 24.1. The van der Waals surface area contributed by atoms with Gasteiger partial charge in [-0.25, -0.2) is 23.6 Å². The van der Waals surface area contributed by atoms with Gasteiger partial charge in [0.15, 0.2) is 17.1 Å². The van der Waals surface area contributed by atoms with Crippen LogP contribution in [0.1, 0.15) is 41.8 Å². The Labute approximate surface area is 276 Å². The summed E-state index contributed by atoms with van der Waals surface area (Å²) >= 11 is 0. The predicted molar refractivity (Wildman–Crippen MR) is 153 cm³/mol. The fourth-order valence-electron chi connectivity index (χ4n) is 3.86. The van der Waals surface area contributed by atoms with Crippen LogP contribution >= 0.6 is 0 Å². The number of benzene rings is 2. The third kappa shape index (κ3) is 9.72. The summed E-state index contributed by atoms with van der Waals surface area (Å²) < 4.78 is 126. The Morgan fingerprint density at radius 3 is 1.96 bits per heavy atom. The van der Waals surface area contributed by atoms with Gasteiger partial charge in [0, 0.05) is 36.1 Å². The van der Waals surface area contributed by atoms with E-state index in [9.17, 15) is 48.7 Å². The Kier molecular flexibility index (Phi) is 11.4. The molecule has 0 spiro atoms. The van der Waals surface area contributed by atoms with Gasteiger partial charge in [0.1, 0.15) is 17.3 Å². The standard InChI is InChI=1S/C24H19F4N7O2.2C2HF3O2/c1-12(2)22-30-7-8-34(22)13-3-5-17(16(25)10-13)31-23(36)18-11-20(24(26,27)28)32-35(18)14-4-6-19-15(9-14)21(29)33-37-19;2*3-2(4,5)1(6)7/h3-12H,1-2H3,(H2,29,33)(H,31,36);2*(H,6,7). The molecule has 0 saturated heterocycles. The molecule has 5 aromatic rings. The summed E-state index contributed by atoms with van der Waals surface area (Å²) in [4.78, 5) is 35.1. The maximum absolute atomic E-state index is 15.0. The molecule has 5 N–H and O–H groups in total. The molecule has 0 radical (unpaired) electrons. The number of halogens is 10. The molecule has 0 atom stereocenters. The number of alkyl halides is 9. The molecule has 0 saturated carbocycles. The van der Waals surface area contributed by atoms with E-state index >= 15 is 0 Å². The molecule has 274 valence electrons. The highest BCUT2D eigenvalue weighted by Gasteiger charge is 2.39. The van der Waals surface area contributed by atoms with Gasteiger partial charge in [-0.15, -0.1) is 0 Å². The molecule has 3 aromatic heterocycles. The fraction of sp³-hybridized carbons (Fsp3) is 0.214. The van der Waals surface area contributed by atoms with E-state index in [0.29, 0.717) is 28.5 Å². The van der Waals surface area contributed by atoms with E-state index in [-0.39, 0.29) is 23.1 Å². The maximum atomic E-state index is 15.0. The second-order valence-corrected chi connectivity index (χ2v) is 10.1. The lowest BCUT2D eigenvalue weighted by Crippen LogP contribution is -2.21. The largest absolute Gasteiger partial charge is 0.490 e. The van der Waals surface area contributed by atoms with Gasteiger partial charge in [-0.3, -0.25) is 4.79 Å². The van der Waals surface area contributed by atoms with Crippen molar-refractivity contribution in [2.24, 2.45) is 0 Å². The first-order chi connectivity index (χ1) is 23.4. The number of nitrogen functional groups attached to an aromatic ring is 1. The third-order valence-electron chi connectivity index (χ3n) is 6.11. The van der Waals surface area contributed by atoms with E-state index in [1.807, 2.05) is 13.8 Å². The number of carboxylic acid groups (broad SMARTS) is 2. The molecule has 51 heavy (non-hydrogen) atoms. The van der Waals surface area contributed by atoms with Gasteiger partial charge in [-0.05, 0) is 30.3 Å². The van der Waals surface area contributed by atoms with Crippen LogP contribution in [0.2, 0.25) is 0 Å². The van der Waals surface area contributed by atoms with Crippen LogP contribution in [0, 0.1) is 5.82 Å². The number of aromatic nitrogens is 5. The number of hydrogen-bond donors (Lipinski definition) is 4. The molecule has 0 bridgehead atoms. The number of nitrogens with one attached hydrogen (secondary N) is 1. The average molecular weight is 741 g/mol. The molecule has 1 amide bonds. The van der Waals surface area contributed by atoms with Crippen molar-refractivity contribution in [3.05, 3.63) is 77.9 Å². The maximum Gasteiger partial charge on any atom is 0.490 e. The first kappa shape index (κ1) is 39.3. The van der Waals surface area contributed by atoms with E-state index in [4.69, 9.17) is 30.1 Å². The van der Waals surface area contributed by atoms with Crippen molar-refractivity contribution in [1.29, 1.82) is 0 Å². The lowest BCUT2D eigenvalue weighted by Gasteiger charge is -2.13. The normalized spacial score (nSPS) is 11.8. The monoisotopic (exact) mass is 741 g/mol. The third-order valence-corrected chi connectivity index (χ3v) is 6.11. The van der Waals surface area contributed by atoms with Crippen LogP contribution < -0.4 is 11.1 Å². The Morgan fingerprint density at radius 1 is 0.882 bits per heavy atom. The Bertz CT molecular complexity index is 2020. The number of imidazole rings is 1. The van der Waals surface area contributed by atoms with E-state index < -0.39 is 53.6 Å². The molecule has 13 nitrogen and oxygen atoms in total. The number of carbonyl (C=O) groups excluding carboxylic acids is 1. The number of hydrogen-bond acceptors (Lipinski definition) is 8. The van der Waals surface area contributed by atoms with Crippen molar-refractivity contribution in [3.8, 4) is 11.4 Å². The van der Waals surface area contributed by atoms with Gasteiger partial charge in [-0.1, -0.05) is 19.0 Å². The van der Waals surface area contributed by atoms with Gasteiger partial charge >= 0.3 is 30.5 Å². The zero-order chi connectivity index (χ0) is 38.6. The van der Waals surface area contributed by atoms with Crippen molar-refractivity contribution in [2.45, 2.75) is 38.3 Å². The second-order valence-electron chi connectivity index (χ2n) is 10.1. The molecule has 0 fully saturated rings. The number of fused-ring (bicyclic) bond motifs is 1. The van der Waals surface area contributed by atoms with E-state index in [0.717, 1.165) is 4.68 Å². The van der Waals surface area contributed by atoms with Crippen LogP contribution in [0.25, 0.3) is 22.3 Å². The summed E-state index contributed by atoms with van der Waals surface area (Å²) in [7, 11) is 0.